The van der Waals surface area contributed by atoms with Crippen molar-refractivity contribution < 1.29 is 10.6 Å². The first-order valence-corrected chi connectivity index (χ1v) is 11.7. The normalized spacial score (nSPS) is 14.2. The summed E-state index contributed by atoms with van der Waals surface area (Å²) in [6.07, 6.45) is 5.89. The third kappa shape index (κ3) is 4.59. The lowest BCUT2D eigenvalue weighted by Gasteiger charge is -2.15. The van der Waals surface area contributed by atoms with Crippen LogP contribution in [0.25, 0.3) is 34.3 Å². The third-order valence-electron chi connectivity index (χ3n) is 6.44. The summed E-state index contributed by atoms with van der Waals surface area (Å²) in [5.74, 6) is 1.82. The van der Waals surface area contributed by atoms with E-state index in [0.717, 1.165) is 30.5 Å². The van der Waals surface area contributed by atoms with Crippen LogP contribution in [0.5, 0.6) is 5.75 Å². The van der Waals surface area contributed by atoms with Gasteiger partial charge in [0.1, 0.15) is 11.4 Å². The van der Waals surface area contributed by atoms with Crippen LogP contribution in [-0.4, -0.2) is 38.9 Å². The Kier molecular flexibility index (Phi) is 6.17. The second kappa shape index (κ2) is 9.42. The highest BCUT2D eigenvalue weighted by atomic mass is 16.5. The van der Waals surface area contributed by atoms with E-state index in [1.165, 1.54) is 0 Å². The number of nitrogens with one attached hydrogen (secondary N) is 1. The molecule has 35 heavy (non-hydrogen) atoms. The number of hydrogen-bond acceptors (Lipinski definition) is 8. The average Bonchev–Trinajstić information content (AvgIpc) is 3.61. The van der Waals surface area contributed by atoms with Crippen molar-refractivity contribution in [3.8, 4) is 40.0 Å². The highest BCUT2D eigenvalue weighted by Crippen LogP contribution is 2.39. The summed E-state index contributed by atoms with van der Waals surface area (Å²) < 4.78 is 13.4. The van der Waals surface area contributed by atoms with Crippen LogP contribution in [-0.2, 0) is 6.54 Å². The topological polar surface area (TPSA) is 108 Å². The number of benzene rings is 1. The molecule has 1 atom stereocenters. The molecule has 1 aromatic carbocycles. The molecule has 0 saturated heterocycles. The van der Waals surface area contributed by atoms with Gasteiger partial charge in [-0.1, -0.05) is 6.07 Å². The van der Waals surface area contributed by atoms with Crippen LogP contribution in [0.1, 0.15) is 38.5 Å². The SMILES string of the molecule is CNCc1ccc(-c2nnc(-c3nc(-c4ccc(=O)n(C(C)C5CC5)c4)cnc3C)o2)c(OC)c1.[HH]. The zero-order valence-corrected chi connectivity index (χ0v) is 20.3. The molecule has 182 valence electrons. The van der Waals surface area contributed by atoms with Crippen LogP contribution in [0, 0.1) is 12.8 Å². The molecule has 4 aromatic rings. The largest absolute Gasteiger partial charge is 0.496 e. The molecule has 0 amide bonds. The molecule has 9 nitrogen and oxygen atoms in total. The monoisotopic (exact) mass is 474 g/mol. The minimum Gasteiger partial charge on any atom is -0.496 e. The maximum Gasteiger partial charge on any atom is 0.268 e. The van der Waals surface area contributed by atoms with Crippen molar-refractivity contribution in [2.75, 3.05) is 14.2 Å². The van der Waals surface area contributed by atoms with Crippen molar-refractivity contribution in [3.05, 3.63) is 64.3 Å². The molecule has 0 aliphatic heterocycles. The van der Waals surface area contributed by atoms with Crippen LogP contribution in [0.2, 0.25) is 0 Å². The number of pyridine rings is 1. The van der Waals surface area contributed by atoms with Crippen molar-refractivity contribution in [2.24, 2.45) is 5.92 Å². The van der Waals surface area contributed by atoms with Gasteiger partial charge in [-0.25, -0.2) is 4.98 Å². The van der Waals surface area contributed by atoms with Crippen LogP contribution >= 0.6 is 0 Å². The molecule has 0 bridgehead atoms. The zero-order chi connectivity index (χ0) is 24.5. The highest BCUT2D eigenvalue weighted by Gasteiger charge is 2.29. The quantitative estimate of drug-likeness (QED) is 0.403. The molecule has 0 spiro atoms. The standard InChI is InChI=1S/C26H28N6O3.H2/c1-15-24(26-31-30-25(35-26)20-9-5-17(12-27-3)11-22(20)34-4)29-21(13-28-15)19-8-10-23(33)32(14-19)16(2)18-6-7-18;/h5,8-11,13-14,16,18,27H,6-7,12H2,1-4H3;1H. The predicted molar refractivity (Wildman–Crippen MR) is 134 cm³/mol. The van der Waals surface area contributed by atoms with Crippen LogP contribution < -0.4 is 15.6 Å². The molecule has 5 rings (SSSR count). The van der Waals surface area contributed by atoms with Gasteiger partial charge in [0.15, 0.2) is 0 Å². The van der Waals surface area contributed by atoms with Gasteiger partial charge in [0.25, 0.3) is 17.3 Å². The van der Waals surface area contributed by atoms with Crippen molar-refractivity contribution in [1.29, 1.82) is 0 Å². The van der Waals surface area contributed by atoms with E-state index < -0.39 is 0 Å². The summed E-state index contributed by atoms with van der Waals surface area (Å²) in [4.78, 5) is 21.7. The fourth-order valence-electron chi connectivity index (χ4n) is 4.22. The Morgan fingerprint density at radius 1 is 1.23 bits per heavy atom. The van der Waals surface area contributed by atoms with Gasteiger partial charge in [0, 0.05) is 31.8 Å². The van der Waals surface area contributed by atoms with Crippen molar-refractivity contribution in [1.82, 2.24) is 30.0 Å². The Hall–Kier alpha value is -3.85. The van der Waals surface area contributed by atoms with Gasteiger partial charge >= 0.3 is 0 Å². The second-order valence-corrected chi connectivity index (χ2v) is 8.91. The molecular formula is C26H30N6O3. The van der Waals surface area contributed by atoms with Crippen LogP contribution in [0.4, 0.5) is 0 Å². The zero-order valence-electron chi connectivity index (χ0n) is 20.3. The van der Waals surface area contributed by atoms with Gasteiger partial charge in [0.05, 0.1) is 30.3 Å². The van der Waals surface area contributed by atoms with Crippen molar-refractivity contribution >= 4 is 0 Å². The van der Waals surface area contributed by atoms with Gasteiger partial charge in [-0.15, -0.1) is 10.2 Å². The molecule has 3 heterocycles. The van der Waals surface area contributed by atoms with E-state index in [4.69, 9.17) is 14.1 Å². The first-order chi connectivity index (χ1) is 17.0. The summed E-state index contributed by atoms with van der Waals surface area (Å²) in [5.41, 5.74) is 4.39. The first-order valence-electron chi connectivity index (χ1n) is 11.7. The van der Waals surface area contributed by atoms with Gasteiger partial charge < -0.3 is 19.0 Å². The number of aryl methyl sites for hydroxylation is 1. The molecular weight excluding hydrogens is 444 g/mol. The smallest absolute Gasteiger partial charge is 0.268 e. The van der Waals surface area contributed by atoms with Crippen LogP contribution in [0.15, 0.2) is 51.9 Å². The Bertz CT molecular complexity index is 1430. The minimum atomic E-state index is -0.00956. The molecule has 1 aliphatic carbocycles. The molecule has 1 N–H and O–H groups in total. The number of methoxy groups -OCH3 is 1. The minimum absolute atomic E-state index is 0. The number of nitrogens with zero attached hydrogens (tertiary/aromatic N) is 5. The van der Waals surface area contributed by atoms with E-state index in [-0.39, 0.29) is 18.9 Å². The second-order valence-electron chi connectivity index (χ2n) is 8.91. The van der Waals surface area contributed by atoms with E-state index in [2.05, 4.69) is 27.4 Å². The van der Waals surface area contributed by atoms with Gasteiger partial charge in [-0.05, 0) is 63.4 Å². The fraction of sp³-hybridized carbons (Fsp3) is 0.346. The molecule has 9 heteroatoms. The maximum absolute atomic E-state index is 12.4. The van der Waals surface area contributed by atoms with Gasteiger partial charge in [-0.2, -0.15) is 0 Å². The Balaban J connectivity index is 0.00000304. The lowest BCUT2D eigenvalue weighted by Crippen LogP contribution is -2.23. The van der Waals surface area contributed by atoms with Crippen molar-refractivity contribution in [3.63, 3.8) is 0 Å². The van der Waals surface area contributed by atoms with E-state index >= 15 is 0 Å². The summed E-state index contributed by atoms with van der Waals surface area (Å²) >= 11 is 0. The molecule has 1 unspecified atom stereocenters. The number of hydrogen-bond donors (Lipinski definition) is 1. The Labute approximate surface area is 204 Å². The van der Waals surface area contributed by atoms with E-state index in [1.807, 2.05) is 38.4 Å². The molecule has 1 fully saturated rings. The first kappa shape index (κ1) is 22.9. The Morgan fingerprint density at radius 2 is 2.03 bits per heavy atom. The summed E-state index contributed by atoms with van der Waals surface area (Å²) in [5, 5.41) is 11.6. The van der Waals surface area contributed by atoms with E-state index in [1.54, 1.807) is 30.0 Å². The number of rotatable bonds is 8. The summed E-state index contributed by atoms with van der Waals surface area (Å²) in [7, 11) is 3.51. The molecule has 1 saturated carbocycles. The molecule has 3 aromatic heterocycles. The molecule has 1 aliphatic rings. The third-order valence-corrected chi connectivity index (χ3v) is 6.44. The van der Waals surface area contributed by atoms with E-state index in [9.17, 15) is 4.79 Å². The maximum atomic E-state index is 12.4. The van der Waals surface area contributed by atoms with E-state index in [0.29, 0.717) is 40.2 Å². The predicted octanol–water partition coefficient (Wildman–Crippen LogP) is 4.28. The molecule has 0 radical (unpaired) electrons. The highest BCUT2D eigenvalue weighted by molar-refractivity contribution is 5.66. The Morgan fingerprint density at radius 3 is 2.77 bits per heavy atom. The van der Waals surface area contributed by atoms with Gasteiger partial charge in [-0.3, -0.25) is 9.78 Å². The number of ether oxygens (including phenoxy) is 1. The van der Waals surface area contributed by atoms with Crippen LogP contribution in [0.3, 0.4) is 0 Å². The van der Waals surface area contributed by atoms with Gasteiger partial charge in [0.2, 0.25) is 0 Å². The summed E-state index contributed by atoms with van der Waals surface area (Å²) in [6, 6.07) is 9.36. The fourth-order valence-corrected chi connectivity index (χ4v) is 4.22. The lowest BCUT2D eigenvalue weighted by molar-refractivity contribution is 0.413. The number of aromatic nitrogens is 5. The average molecular weight is 475 g/mol. The van der Waals surface area contributed by atoms with Crippen molar-refractivity contribution in [2.45, 2.75) is 39.3 Å². The lowest BCUT2D eigenvalue weighted by atomic mass is 10.1. The summed E-state index contributed by atoms with van der Waals surface area (Å²) in [6.45, 7) is 4.66.